The molecule has 0 heterocycles. The summed E-state index contributed by atoms with van der Waals surface area (Å²) in [5.74, 6) is -1.63. The molecule has 0 saturated carbocycles. The molecule has 0 aliphatic heterocycles. The van der Waals surface area contributed by atoms with Crippen molar-refractivity contribution in [3.8, 4) is 5.75 Å². The van der Waals surface area contributed by atoms with Gasteiger partial charge in [0.1, 0.15) is 5.75 Å². The van der Waals surface area contributed by atoms with Gasteiger partial charge < -0.3 is 20.1 Å². The summed E-state index contributed by atoms with van der Waals surface area (Å²) in [6.07, 6.45) is 2.10. The minimum absolute atomic E-state index is 0.0334. The molecule has 4 nitrogen and oxygen atoms in total. The third-order valence-electron chi connectivity index (χ3n) is 3.36. The number of benzene rings is 1. The van der Waals surface area contributed by atoms with Gasteiger partial charge in [-0.2, -0.15) is 0 Å². The molecule has 1 aromatic rings. The van der Waals surface area contributed by atoms with Gasteiger partial charge in [0, 0.05) is 6.42 Å². The number of hydrogen-bond donors (Lipinski definition) is 3. The van der Waals surface area contributed by atoms with Crippen LogP contribution in [-0.4, -0.2) is 27.9 Å². The molecule has 0 spiro atoms. The molecule has 0 aliphatic carbocycles. The highest BCUT2D eigenvalue weighted by molar-refractivity contribution is 5.41. The van der Waals surface area contributed by atoms with E-state index in [1.54, 1.807) is 0 Å². The van der Waals surface area contributed by atoms with Gasteiger partial charge >= 0.3 is 0 Å². The summed E-state index contributed by atoms with van der Waals surface area (Å²) in [4.78, 5) is 0. The fourth-order valence-electron chi connectivity index (χ4n) is 2.18. The average Bonchev–Trinajstić information content (AvgIpc) is 2.32. The molecule has 4 heteroatoms. The zero-order valence-corrected chi connectivity index (χ0v) is 13.5. The Morgan fingerprint density at radius 3 is 2.24 bits per heavy atom. The predicted octanol–water partition coefficient (Wildman–Crippen LogP) is 2.86. The highest BCUT2D eigenvalue weighted by Crippen LogP contribution is 2.32. The Kier molecular flexibility index (Phi) is 6.20. The number of aliphatic hydroxyl groups is 3. The van der Waals surface area contributed by atoms with Crippen LogP contribution in [0.1, 0.15) is 57.6 Å². The van der Waals surface area contributed by atoms with Crippen LogP contribution in [0.25, 0.3) is 0 Å². The van der Waals surface area contributed by atoms with Crippen molar-refractivity contribution in [1.29, 1.82) is 0 Å². The standard InChI is InChI=1S/C17H28O4/c1-13-8-9-15(14(12-13)16(2,3)4)21-11-7-5-6-10-17(18,19)20/h8-9,12,18-20H,5-7,10-11H2,1-4H3. The molecule has 21 heavy (non-hydrogen) atoms. The van der Waals surface area contributed by atoms with Crippen LogP contribution in [-0.2, 0) is 5.41 Å². The molecule has 3 N–H and O–H groups in total. The largest absolute Gasteiger partial charge is 0.493 e. The number of unbranched alkanes of at least 4 members (excludes halogenated alkanes) is 2. The zero-order valence-electron chi connectivity index (χ0n) is 13.5. The third kappa shape index (κ3) is 6.93. The lowest BCUT2D eigenvalue weighted by Crippen LogP contribution is -2.26. The Balaban J connectivity index is 2.46. The van der Waals surface area contributed by atoms with Gasteiger partial charge in [0.2, 0.25) is 0 Å². The Bertz CT molecular complexity index is 441. The second kappa shape index (κ2) is 7.25. The van der Waals surface area contributed by atoms with Crippen LogP contribution >= 0.6 is 0 Å². The fourth-order valence-corrected chi connectivity index (χ4v) is 2.18. The van der Waals surface area contributed by atoms with E-state index >= 15 is 0 Å². The monoisotopic (exact) mass is 296 g/mol. The van der Waals surface area contributed by atoms with E-state index in [9.17, 15) is 0 Å². The van der Waals surface area contributed by atoms with E-state index in [1.165, 1.54) is 11.1 Å². The average molecular weight is 296 g/mol. The lowest BCUT2D eigenvalue weighted by molar-refractivity contribution is -0.315. The lowest BCUT2D eigenvalue weighted by Gasteiger charge is -2.23. The lowest BCUT2D eigenvalue weighted by atomic mass is 9.85. The minimum atomic E-state index is -2.54. The Morgan fingerprint density at radius 2 is 1.67 bits per heavy atom. The molecule has 0 fully saturated rings. The number of ether oxygens (including phenoxy) is 1. The van der Waals surface area contributed by atoms with Crippen LogP contribution in [0.3, 0.4) is 0 Å². The minimum Gasteiger partial charge on any atom is -0.493 e. The number of hydrogen-bond acceptors (Lipinski definition) is 4. The SMILES string of the molecule is Cc1ccc(OCCCCCC(O)(O)O)c(C(C)(C)C)c1. The smallest absolute Gasteiger partial charge is 0.275 e. The first-order chi connectivity index (χ1) is 9.59. The highest BCUT2D eigenvalue weighted by Gasteiger charge is 2.19. The van der Waals surface area contributed by atoms with Crippen LogP contribution in [0.15, 0.2) is 18.2 Å². The van der Waals surface area contributed by atoms with Crippen molar-refractivity contribution in [3.05, 3.63) is 29.3 Å². The maximum absolute atomic E-state index is 8.78. The van der Waals surface area contributed by atoms with E-state index in [-0.39, 0.29) is 11.8 Å². The predicted molar refractivity (Wildman–Crippen MR) is 83.2 cm³/mol. The van der Waals surface area contributed by atoms with E-state index in [2.05, 4.69) is 33.8 Å². The molecular weight excluding hydrogens is 268 g/mol. The highest BCUT2D eigenvalue weighted by atomic mass is 16.7. The summed E-state index contributed by atoms with van der Waals surface area (Å²) in [5.41, 5.74) is 2.45. The molecule has 120 valence electrons. The topological polar surface area (TPSA) is 69.9 Å². The summed E-state index contributed by atoms with van der Waals surface area (Å²) in [7, 11) is 0. The van der Waals surface area contributed by atoms with Crippen molar-refractivity contribution in [3.63, 3.8) is 0 Å². The molecule has 0 bridgehead atoms. The van der Waals surface area contributed by atoms with Gasteiger partial charge in [-0.05, 0) is 43.2 Å². The summed E-state index contributed by atoms with van der Waals surface area (Å²) in [6.45, 7) is 9.15. The first-order valence-corrected chi connectivity index (χ1v) is 7.51. The van der Waals surface area contributed by atoms with E-state index in [1.807, 2.05) is 12.1 Å². The molecule has 1 rings (SSSR count). The normalized spacial score (nSPS) is 12.5. The maximum atomic E-state index is 8.78. The van der Waals surface area contributed by atoms with Crippen molar-refractivity contribution in [1.82, 2.24) is 0 Å². The van der Waals surface area contributed by atoms with Gasteiger partial charge in [-0.1, -0.05) is 38.5 Å². The van der Waals surface area contributed by atoms with E-state index in [4.69, 9.17) is 20.1 Å². The summed E-state index contributed by atoms with van der Waals surface area (Å²) in [6, 6.07) is 6.21. The first kappa shape index (κ1) is 18.0. The van der Waals surface area contributed by atoms with E-state index in [0.29, 0.717) is 13.0 Å². The molecule has 0 aromatic heterocycles. The molecular formula is C17H28O4. The molecule has 1 aromatic carbocycles. The molecule has 0 radical (unpaired) electrons. The third-order valence-corrected chi connectivity index (χ3v) is 3.36. The van der Waals surface area contributed by atoms with Gasteiger partial charge in [0.05, 0.1) is 6.61 Å². The van der Waals surface area contributed by atoms with Crippen LogP contribution in [0.4, 0.5) is 0 Å². The first-order valence-electron chi connectivity index (χ1n) is 7.51. The summed E-state index contributed by atoms with van der Waals surface area (Å²) in [5, 5.41) is 26.4. The van der Waals surface area contributed by atoms with E-state index < -0.39 is 5.97 Å². The molecule has 0 unspecified atom stereocenters. The fraction of sp³-hybridized carbons (Fsp3) is 0.647. The van der Waals surface area contributed by atoms with Crippen LogP contribution < -0.4 is 4.74 Å². The number of rotatable bonds is 7. The van der Waals surface area contributed by atoms with Gasteiger partial charge in [0.25, 0.3) is 5.97 Å². The molecule has 0 atom stereocenters. The van der Waals surface area contributed by atoms with Crippen LogP contribution in [0.5, 0.6) is 5.75 Å². The van der Waals surface area contributed by atoms with Gasteiger partial charge in [-0.15, -0.1) is 0 Å². The Morgan fingerprint density at radius 1 is 1.00 bits per heavy atom. The van der Waals surface area contributed by atoms with Crippen molar-refractivity contribution >= 4 is 0 Å². The quantitative estimate of drug-likeness (QED) is 0.534. The van der Waals surface area contributed by atoms with Crippen LogP contribution in [0.2, 0.25) is 0 Å². The maximum Gasteiger partial charge on any atom is 0.275 e. The second-order valence-electron chi connectivity index (χ2n) is 6.68. The molecule has 0 saturated heterocycles. The van der Waals surface area contributed by atoms with Gasteiger partial charge in [-0.25, -0.2) is 0 Å². The summed E-state index contributed by atoms with van der Waals surface area (Å²) < 4.78 is 5.86. The summed E-state index contributed by atoms with van der Waals surface area (Å²) >= 11 is 0. The second-order valence-corrected chi connectivity index (χ2v) is 6.68. The van der Waals surface area contributed by atoms with Gasteiger partial charge in [-0.3, -0.25) is 0 Å². The van der Waals surface area contributed by atoms with Crippen molar-refractivity contribution in [2.45, 2.75) is 64.8 Å². The van der Waals surface area contributed by atoms with Crippen molar-refractivity contribution in [2.24, 2.45) is 0 Å². The van der Waals surface area contributed by atoms with Crippen molar-refractivity contribution in [2.75, 3.05) is 6.61 Å². The van der Waals surface area contributed by atoms with E-state index in [0.717, 1.165) is 18.6 Å². The Labute approximate surface area is 127 Å². The zero-order chi connectivity index (χ0) is 16.1. The number of aryl methyl sites for hydroxylation is 1. The van der Waals surface area contributed by atoms with Gasteiger partial charge in [0.15, 0.2) is 0 Å². The van der Waals surface area contributed by atoms with Crippen LogP contribution in [0, 0.1) is 6.92 Å². The Hall–Kier alpha value is -1.10. The molecule has 0 amide bonds. The molecule has 0 aliphatic rings. The van der Waals surface area contributed by atoms with Crippen molar-refractivity contribution < 1.29 is 20.1 Å².